The smallest absolute Gasteiger partial charge is 0.327 e. The van der Waals surface area contributed by atoms with E-state index >= 15 is 0 Å². The largest absolute Gasteiger partial charge is 0.417 e. The van der Waals surface area contributed by atoms with Crippen LogP contribution in [0.5, 0.6) is 0 Å². The zero-order valence-electron chi connectivity index (χ0n) is 14.7. The number of piperazine rings is 1. The van der Waals surface area contributed by atoms with Crippen molar-refractivity contribution in [3.05, 3.63) is 58.9 Å². The summed E-state index contributed by atoms with van der Waals surface area (Å²) >= 11 is 0. The van der Waals surface area contributed by atoms with Gasteiger partial charge in [-0.25, -0.2) is 8.42 Å². The molecule has 1 fully saturated rings. The molecule has 2 aromatic rings. The van der Waals surface area contributed by atoms with Crippen LogP contribution in [0.2, 0.25) is 0 Å². The van der Waals surface area contributed by atoms with Crippen molar-refractivity contribution in [3.8, 4) is 6.07 Å². The van der Waals surface area contributed by atoms with Gasteiger partial charge in [0.25, 0.3) is 5.91 Å². The van der Waals surface area contributed by atoms with Gasteiger partial charge in [0.1, 0.15) is 0 Å². The summed E-state index contributed by atoms with van der Waals surface area (Å²) in [5, 5.41) is 8.87. The maximum atomic E-state index is 13.5. The summed E-state index contributed by atoms with van der Waals surface area (Å²) in [7, 11) is -4.52. The minimum Gasteiger partial charge on any atom is -0.327 e. The van der Waals surface area contributed by atoms with Gasteiger partial charge in [0.2, 0.25) is 10.0 Å². The van der Waals surface area contributed by atoms with E-state index in [0.717, 1.165) is 16.4 Å². The van der Waals surface area contributed by atoms with Gasteiger partial charge in [-0.15, -0.1) is 0 Å². The Bertz CT molecular complexity index is 1160. The number of nitrogens with zero attached hydrogens (tertiary/aromatic N) is 4. The summed E-state index contributed by atoms with van der Waals surface area (Å²) in [4.78, 5) is 17.2. The fourth-order valence-electron chi connectivity index (χ4n) is 3.66. The molecule has 1 unspecified atom stereocenters. The number of sulfonamides is 1. The molecule has 0 saturated carbocycles. The molecule has 2 aliphatic rings. The molecule has 29 heavy (non-hydrogen) atoms. The maximum Gasteiger partial charge on any atom is 0.417 e. The first-order chi connectivity index (χ1) is 13.6. The van der Waals surface area contributed by atoms with Crippen LogP contribution in [0.1, 0.15) is 33.2 Å². The van der Waals surface area contributed by atoms with E-state index in [1.807, 2.05) is 0 Å². The Balaban J connectivity index is 1.74. The summed E-state index contributed by atoms with van der Waals surface area (Å²) in [5.41, 5.74) is -0.903. The van der Waals surface area contributed by atoms with Crippen molar-refractivity contribution in [3.63, 3.8) is 0 Å². The van der Waals surface area contributed by atoms with Crippen molar-refractivity contribution in [2.45, 2.75) is 17.1 Å². The lowest BCUT2D eigenvalue weighted by Crippen LogP contribution is -2.49. The number of carbonyl (C=O) groups is 1. The molecule has 1 aromatic heterocycles. The van der Waals surface area contributed by atoms with Gasteiger partial charge < -0.3 is 4.90 Å². The summed E-state index contributed by atoms with van der Waals surface area (Å²) in [6.07, 6.45) is -3.47. The highest BCUT2D eigenvalue weighted by Crippen LogP contribution is 2.39. The molecule has 0 spiro atoms. The second kappa shape index (κ2) is 6.53. The van der Waals surface area contributed by atoms with E-state index in [9.17, 15) is 26.4 Å². The minimum absolute atomic E-state index is 0.0384. The van der Waals surface area contributed by atoms with Crippen molar-refractivity contribution in [1.29, 1.82) is 5.26 Å². The number of rotatable bonds is 2. The van der Waals surface area contributed by atoms with E-state index in [1.54, 1.807) is 18.2 Å². The molecule has 1 atom stereocenters. The van der Waals surface area contributed by atoms with Gasteiger partial charge >= 0.3 is 6.18 Å². The van der Waals surface area contributed by atoms with Crippen LogP contribution in [0.3, 0.4) is 0 Å². The highest BCUT2D eigenvalue weighted by Gasteiger charge is 2.46. The third-order valence-electron chi connectivity index (χ3n) is 5.02. The van der Waals surface area contributed by atoms with Crippen molar-refractivity contribution in [1.82, 2.24) is 14.2 Å². The normalized spacial score (nSPS) is 19.6. The lowest BCUT2D eigenvalue weighted by atomic mass is 10.1. The van der Waals surface area contributed by atoms with Gasteiger partial charge in [-0.1, -0.05) is 0 Å². The van der Waals surface area contributed by atoms with Crippen LogP contribution in [0.25, 0.3) is 0 Å². The van der Waals surface area contributed by atoms with Crippen LogP contribution in [-0.2, 0) is 16.2 Å². The number of hydrogen-bond acceptors (Lipinski definition) is 5. The number of nitriles is 1. The van der Waals surface area contributed by atoms with E-state index in [0.29, 0.717) is 17.3 Å². The zero-order valence-corrected chi connectivity index (χ0v) is 15.5. The van der Waals surface area contributed by atoms with Crippen molar-refractivity contribution < 1.29 is 26.4 Å². The first kappa shape index (κ1) is 19.4. The number of hydrogen-bond donors (Lipinski definition) is 0. The number of carbonyl (C=O) groups excluding carboxylic acids is 1. The number of benzene rings is 1. The molecule has 0 radical (unpaired) electrons. The van der Waals surface area contributed by atoms with Crippen LogP contribution in [0, 0.1) is 11.3 Å². The van der Waals surface area contributed by atoms with E-state index < -0.39 is 32.7 Å². The summed E-state index contributed by atoms with van der Waals surface area (Å²) < 4.78 is 67.5. The predicted molar refractivity (Wildman–Crippen MR) is 92.9 cm³/mol. The summed E-state index contributed by atoms with van der Waals surface area (Å²) in [6.45, 7) is -0.304. The second-order valence-corrected chi connectivity index (χ2v) is 8.54. The average molecular weight is 422 g/mol. The number of alkyl halides is 3. The van der Waals surface area contributed by atoms with E-state index in [1.165, 1.54) is 11.1 Å². The van der Waals surface area contributed by atoms with Gasteiger partial charge in [-0.2, -0.15) is 22.7 Å². The van der Waals surface area contributed by atoms with Crippen LogP contribution in [-0.4, -0.2) is 48.1 Å². The molecule has 1 saturated heterocycles. The SMILES string of the molecule is N#Cc1ccc(S(=O)(=O)N2CCN3C(=O)c4cccnc4C3C2)c(C(F)(F)F)c1. The predicted octanol–water partition coefficient (Wildman–Crippen LogP) is 2.17. The number of halogens is 3. The lowest BCUT2D eigenvalue weighted by Gasteiger charge is -2.36. The molecule has 2 aliphatic heterocycles. The molecule has 7 nitrogen and oxygen atoms in total. The molecule has 3 heterocycles. The Hall–Kier alpha value is -2.97. The Kier molecular flexibility index (Phi) is 4.36. The van der Waals surface area contributed by atoms with E-state index in [4.69, 9.17) is 5.26 Å². The molecule has 0 aliphatic carbocycles. The highest BCUT2D eigenvalue weighted by atomic mass is 32.2. The third kappa shape index (κ3) is 3.04. The Morgan fingerprint density at radius 3 is 2.66 bits per heavy atom. The monoisotopic (exact) mass is 422 g/mol. The molecule has 11 heteroatoms. The molecule has 1 aromatic carbocycles. The molecule has 0 bridgehead atoms. The molecule has 1 amide bonds. The van der Waals surface area contributed by atoms with Crippen molar-refractivity contribution in [2.24, 2.45) is 0 Å². The fraction of sp³-hybridized carbons (Fsp3) is 0.278. The third-order valence-corrected chi connectivity index (χ3v) is 6.94. The van der Waals surface area contributed by atoms with Gasteiger partial charge in [-0.3, -0.25) is 9.78 Å². The standard InChI is InChI=1S/C18H13F3N4O3S/c19-18(20,21)13-8-11(9-22)3-4-15(13)29(27,28)24-6-7-25-14(10-24)16-12(17(25)26)2-1-5-23-16/h1-5,8,14H,6-7,10H2. The Morgan fingerprint density at radius 2 is 1.97 bits per heavy atom. The van der Waals surface area contributed by atoms with Gasteiger partial charge in [0.05, 0.1) is 39.4 Å². The first-order valence-electron chi connectivity index (χ1n) is 8.52. The fourth-order valence-corrected chi connectivity index (χ4v) is 5.29. The maximum absolute atomic E-state index is 13.5. The number of fused-ring (bicyclic) bond motifs is 3. The first-order valence-corrected chi connectivity index (χ1v) is 9.96. The Labute approximate surface area is 164 Å². The van der Waals surface area contributed by atoms with Gasteiger partial charge in [0, 0.05) is 25.8 Å². The average Bonchev–Trinajstić information content (AvgIpc) is 2.99. The lowest BCUT2D eigenvalue weighted by molar-refractivity contribution is -0.139. The van der Waals surface area contributed by atoms with Crippen molar-refractivity contribution >= 4 is 15.9 Å². The molecule has 4 rings (SSSR count). The summed E-state index contributed by atoms with van der Waals surface area (Å²) in [5.74, 6) is -0.274. The van der Waals surface area contributed by atoms with Crippen LogP contribution in [0.15, 0.2) is 41.4 Å². The van der Waals surface area contributed by atoms with E-state index in [-0.39, 0.29) is 31.1 Å². The molecular weight excluding hydrogens is 409 g/mol. The van der Waals surface area contributed by atoms with Gasteiger partial charge in [0.15, 0.2) is 0 Å². The number of pyridine rings is 1. The van der Waals surface area contributed by atoms with Crippen LogP contribution >= 0.6 is 0 Å². The molecule has 150 valence electrons. The van der Waals surface area contributed by atoms with E-state index in [2.05, 4.69) is 4.98 Å². The molecular formula is C18H13F3N4O3S. The topological polar surface area (TPSA) is 94.4 Å². The quantitative estimate of drug-likeness (QED) is 0.740. The second-order valence-electron chi connectivity index (χ2n) is 6.63. The Morgan fingerprint density at radius 1 is 1.21 bits per heavy atom. The number of amides is 1. The minimum atomic E-state index is -4.95. The molecule has 0 N–H and O–H groups in total. The number of aromatic nitrogens is 1. The van der Waals surface area contributed by atoms with Crippen molar-refractivity contribution in [2.75, 3.05) is 19.6 Å². The van der Waals surface area contributed by atoms with Crippen LogP contribution in [0.4, 0.5) is 13.2 Å². The zero-order chi connectivity index (χ0) is 21.0. The van der Waals surface area contributed by atoms with Crippen LogP contribution < -0.4 is 0 Å². The summed E-state index contributed by atoms with van der Waals surface area (Å²) in [6, 6.07) is 6.47. The highest BCUT2D eigenvalue weighted by molar-refractivity contribution is 7.89. The van der Waals surface area contributed by atoms with Gasteiger partial charge in [-0.05, 0) is 30.3 Å².